The van der Waals surface area contributed by atoms with E-state index in [-0.39, 0.29) is 5.78 Å². The second kappa shape index (κ2) is 6.40. The molecule has 0 atom stereocenters. The number of ketones is 1. The predicted molar refractivity (Wildman–Crippen MR) is 69.7 cm³/mol. The van der Waals surface area contributed by atoms with Crippen LogP contribution < -0.4 is 10.1 Å². The summed E-state index contributed by atoms with van der Waals surface area (Å²) in [4.78, 5) is 11.6. The SMILES string of the molecule is CNCC(=O)Cc1ccc(OC)c(C(C)C)c1. The van der Waals surface area contributed by atoms with Crippen LogP contribution in [0, 0.1) is 0 Å². The van der Waals surface area contributed by atoms with Gasteiger partial charge in [-0.1, -0.05) is 26.0 Å². The summed E-state index contributed by atoms with van der Waals surface area (Å²) in [5.41, 5.74) is 2.21. The smallest absolute Gasteiger partial charge is 0.150 e. The topological polar surface area (TPSA) is 38.3 Å². The van der Waals surface area contributed by atoms with E-state index in [9.17, 15) is 4.79 Å². The monoisotopic (exact) mass is 235 g/mol. The molecule has 0 fully saturated rings. The summed E-state index contributed by atoms with van der Waals surface area (Å²) in [5, 5.41) is 2.87. The molecule has 0 spiro atoms. The van der Waals surface area contributed by atoms with Crippen molar-refractivity contribution in [2.75, 3.05) is 20.7 Å². The first kappa shape index (κ1) is 13.7. The third-order valence-corrected chi connectivity index (χ3v) is 2.69. The van der Waals surface area contributed by atoms with Gasteiger partial charge in [0.1, 0.15) is 5.75 Å². The Labute approximate surface area is 103 Å². The molecule has 94 valence electrons. The van der Waals surface area contributed by atoms with Crippen LogP contribution in [0.4, 0.5) is 0 Å². The van der Waals surface area contributed by atoms with Crippen molar-refractivity contribution >= 4 is 5.78 Å². The van der Waals surface area contributed by atoms with Gasteiger partial charge >= 0.3 is 0 Å². The van der Waals surface area contributed by atoms with Gasteiger partial charge in [-0.15, -0.1) is 0 Å². The molecule has 0 aliphatic rings. The summed E-state index contributed by atoms with van der Waals surface area (Å²) >= 11 is 0. The fourth-order valence-corrected chi connectivity index (χ4v) is 1.83. The minimum absolute atomic E-state index is 0.201. The average molecular weight is 235 g/mol. The highest BCUT2D eigenvalue weighted by molar-refractivity contribution is 5.82. The highest BCUT2D eigenvalue weighted by Crippen LogP contribution is 2.27. The molecule has 0 saturated heterocycles. The Morgan fingerprint density at radius 3 is 2.65 bits per heavy atom. The molecule has 0 aliphatic heterocycles. The quantitative estimate of drug-likeness (QED) is 0.821. The first-order valence-corrected chi connectivity index (χ1v) is 5.91. The van der Waals surface area contributed by atoms with Crippen molar-refractivity contribution in [3.8, 4) is 5.75 Å². The van der Waals surface area contributed by atoms with E-state index in [4.69, 9.17) is 4.74 Å². The van der Waals surface area contributed by atoms with Gasteiger partial charge in [-0.2, -0.15) is 0 Å². The molecule has 1 N–H and O–H groups in total. The lowest BCUT2D eigenvalue weighted by molar-refractivity contribution is -0.117. The van der Waals surface area contributed by atoms with Crippen molar-refractivity contribution in [2.45, 2.75) is 26.2 Å². The van der Waals surface area contributed by atoms with Crippen LogP contribution in [-0.2, 0) is 11.2 Å². The molecule has 17 heavy (non-hydrogen) atoms. The molecule has 3 nitrogen and oxygen atoms in total. The largest absolute Gasteiger partial charge is 0.496 e. The molecular weight excluding hydrogens is 214 g/mol. The lowest BCUT2D eigenvalue weighted by atomic mass is 9.97. The zero-order chi connectivity index (χ0) is 12.8. The van der Waals surface area contributed by atoms with Gasteiger partial charge in [-0.05, 0) is 30.2 Å². The highest BCUT2D eigenvalue weighted by Gasteiger charge is 2.10. The Kier molecular flexibility index (Phi) is 5.16. The highest BCUT2D eigenvalue weighted by atomic mass is 16.5. The summed E-state index contributed by atoms with van der Waals surface area (Å²) in [6, 6.07) is 5.96. The molecule has 1 aromatic rings. The first-order valence-electron chi connectivity index (χ1n) is 5.91. The minimum Gasteiger partial charge on any atom is -0.496 e. The van der Waals surface area contributed by atoms with Crippen LogP contribution in [0.3, 0.4) is 0 Å². The van der Waals surface area contributed by atoms with Crippen molar-refractivity contribution in [3.63, 3.8) is 0 Å². The summed E-state index contributed by atoms with van der Waals surface area (Å²) in [7, 11) is 3.46. The van der Waals surface area contributed by atoms with Gasteiger partial charge in [0.05, 0.1) is 13.7 Å². The van der Waals surface area contributed by atoms with Crippen LogP contribution in [0.15, 0.2) is 18.2 Å². The summed E-state index contributed by atoms with van der Waals surface area (Å²) in [5.74, 6) is 1.49. The Morgan fingerprint density at radius 1 is 1.41 bits per heavy atom. The third-order valence-electron chi connectivity index (χ3n) is 2.69. The predicted octanol–water partition coefficient (Wildman–Crippen LogP) is 2.15. The first-order chi connectivity index (χ1) is 8.08. The van der Waals surface area contributed by atoms with E-state index in [1.165, 1.54) is 0 Å². The molecule has 1 aromatic carbocycles. The number of benzene rings is 1. The number of methoxy groups -OCH3 is 1. The molecule has 0 radical (unpaired) electrons. The van der Waals surface area contributed by atoms with Gasteiger partial charge in [0, 0.05) is 6.42 Å². The van der Waals surface area contributed by atoms with Gasteiger partial charge in [0.25, 0.3) is 0 Å². The number of rotatable bonds is 6. The van der Waals surface area contributed by atoms with Crippen LogP contribution in [0.5, 0.6) is 5.75 Å². The lowest BCUT2D eigenvalue weighted by Crippen LogP contribution is -2.20. The zero-order valence-corrected chi connectivity index (χ0v) is 11.0. The Bertz CT molecular complexity index is 386. The number of ether oxygens (including phenoxy) is 1. The van der Waals surface area contributed by atoms with E-state index in [0.29, 0.717) is 18.9 Å². The summed E-state index contributed by atoms with van der Waals surface area (Å²) in [6.45, 7) is 4.66. The van der Waals surface area contributed by atoms with Crippen LogP contribution >= 0.6 is 0 Å². The molecule has 0 saturated carbocycles. The maximum atomic E-state index is 11.6. The maximum Gasteiger partial charge on any atom is 0.150 e. The van der Waals surface area contributed by atoms with Gasteiger partial charge < -0.3 is 10.1 Å². The number of carbonyl (C=O) groups excluding carboxylic acids is 1. The molecule has 0 aliphatic carbocycles. The maximum absolute atomic E-state index is 11.6. The zero-order valence-electron chi connectivity index (χ0n) is 11.0. The van der Waals surface area contributed by atoms with E-state index in [1.807, 2.05) is 12.1 Å². The number of Topliss-reactive ketones (excluding diaryl/α,β-unsaturated/α-hetero) is 1. The number of nitrogens with one attached hydrogen (secondary N) is 1. The Balaban J connectivity index is 2.88. The molecular formula is C14H21NO2. The van der Waals surface area contributed by atoms with Gasteiger partial charge in [0.2, 0.25) is 0 Å². The molecule has 0 amide bonds. The van der Waals surface area contributed by atoms with Gasteiger partial charge in [-0.3, -0.25) is 4.79 Å². The van der Waals surface area contributed by atoms with E-state index in [0.717, 1.165) is 16.9 Å². The van der Waals surface area contributed by atoms with Crippen LogP contribution in [0.2, 0.25) is 0 Å². The fraction of sp³-hybridized carbons (Fsp3) is 0.500. The van der Waals surface area contributed by atoms with Crippen molar-refractivity contribution in [1.82, 2.24) is 5.32 Å². The second-order valence-corrected chi connectivity index (χ2v) is 4.48. The van der Waals surface area contributed by atoms with Crippen molar-refractivity contribution < 1.29 is 9.53 Å². The Morgan fingerprint density at radius 2 is 2.12 bits per heavy atom. The number of likely N-dealkylation sites (N-methyl/N-ethyl adjacent to an activating group) is 1. The number of hydrogen-bond acceptors (Lipinski definition) is 3. The molecule has 0 aromatic heterocycles. The molecule has 1 rings (SSSR count). The standard InChI is InChI=1S/C14H21NO2/c1-10(2)13-8-11(5-6-14(13)17-4)7-12(16)9-15-3/h5-6,8,10,15H,7,9H2,1-4H3. The van der Waals surface area contributed by atoms with E-state index in [1.54, 1.807) is 14.2 Å². The van der Waals surface area contributed by atoms with E-state index < -0.39 is 0 Å². The van der Waals surface area contributed by atoms with E-state index in [2.05, 4.69) is 25.2 Å². The van der Waals surface area contributed by atoms with Crippen LogP contribution in [0.1, 0.15) is 30.9 Å². The fourth-order valence-electron chi connectivity index (χ4n) is 1.83. The summed E-state index contributed by atoms with van der Waals surface area (Å²) in [6.07, 6.45) is 0.477. The van der Waals surface area contributed by atoms with Crippen LogP contribution in [0.25, 0.3) is 0 Å². The molecule has 0 heterocycles. The third kappa shape index (κ3) is 3.86. The normalized spacial score (nSPS) is 10.6. The van der Waals surface area contributed by atoms with Gasteiger partial charge in [-0.25, -0.2) is 0 Å². The average Bonchev–Trinajstić information content (AvgIpc) is 2.29. The Hall–Kier alpha value is -1.35. The molecule has 3 heteroatoms. The van der Waals surface area contributed by atoms with Crippen molar-refractivity contribution in [1.29, 1.82) is 0 Å². The second-order valence-electron chi connectivity index (χ2n) is 4.48. The number of carbonyl (C=O) groups is 1. The lowest BCUT2D eigenvalue weighted by Gasteiger charge is -2.13. The van der Waals surface area contributed by atoms with Gasteiger partial charge in [0.15, 0.2) is 5.78 Å². The molecule has 0 unspecified atom stereocenters. The van der Waals surface area contributed by atoms with Crippen molar-refractivity contribution in [2.24, 2.45) is 0 Å². The van der Waals surface area contributed by atoms with E-state index >= 15 is 0 Å². The summed E-state index contributed by atoms with van der Waals surface area (Å²) < 4.78 is 5.32. The molecule has 0 bridgehead atoms. The van der Waals surface area contributed by atoms with Crippen LogP contribution in [-0.4, -0.2) is 26.5 Å². The van der Waals surface area contributed by atoms with Crippen molar-refractivity contribution in [3.05, 3.63) is 29.3 Å². The minimum atomic E-state index is 0.201. The number of hydrogen-bond donors (Lipinski definition) is 1.